The van der Waals surface area contributed by atoms with Gasteiger partial charge in [-0.05, 0) is 41.8 Å². The molecule has 25 heavy (non-hydrogen) atoms. The van der Waals surface area contributed by atoms with Gasteiger partial charge in [-0.1, -0.05) is 66.6 Å². The second-order valence-electron chi connectivity index (χ2n) is 5.83. The lowest BCUT2D eigenvalue weighted by Gasteiger charge is -2.27. The van der Waals surface area contributed by atoms with Crippen LogP contribution in [0.5, 0.6) is 0 Å². The van der Waals surface area contributed by atoms with Crippen LogP contribution in [0.15, 0.2) is 97.1 Å². The van der Waals surface area contributed by atoms with Crippen molar-refractivity contribution >= 4 is 27.8 Å². The van der Waals surface area contributed by atoms with Crippen molar-refractivity contribution < 1.29 is 0 Å². The Bertz CT molecular complexity index is 1000. The first-order chi connectivity index (χ1) is 12.4. The van der Waals surface area contributed by atoms with Gasteiger partial charge in [-0.3, -0.25) is 0 Å². The Hall–Kier alpha value is -3.50. The molecule has 0 bridgehead atoms. The highest BCUT2D eigenvalue weighted by Gasteiger charge is 2.15. The first-order valence-electron chi connectivity index (χ1n) is 8.27. The Morgan fingerprint density at radius 2 is 1.08 bits per heavy atom. The standard InChI is InChI=1S/C24H17N/c1-2-19-17-18-24(23-16-10-9-15-22(19)23)25(20-11-5-3-6-12-20)21-13-7-4-8-14-21/h1,3-18H. The van der Waals surface area contributed by atoms with E-state index >= 15 is 0 Å². The molecule has 4 rings (SSSR count). The molecule has 0 spiro atoms. The molecule has 4 aromatic carbocycles. The molecule has 0 aromatic heterocycles. The van der Waals surface area contributed by atoms with Gasteiger partial charge in [0.1, 0.15) is 0 Å². The zero-order valence-electron chi connectivity index (χ0n) is 13.8. The lowest BCUT2D eigenvalue weighted by atomic mass is 10.0. The third-order valence-electron chi connectivity index (χ3n) is 4.33. The van der Waals surface area contributed by atoms with Gasteiger partial charge in [0.05, 0.1) is 5.69 Å². The molecule has 0 aliphatic carbocycles. The first-order valence-corrected chi connectivity index (χ1v) is 8.27. The summed E-state index contributed by atoms with van der Waals surface area (Å²) in [6.07, 6.45) is 5.70. The Labute approximate surface area is 148 Å². The van der Waals surface area contributed by atoms with E-state index in [9.17, 15) is 0 Å². The molecule has 0 atom stereocenters. The molecule has 0 unspecified atom stereocenters. The summed E-state index contributed by atoms with van der Waals surface area (Å²) in [5.74, 6) is 2.80. The van der Waals surface area contributed by atoms with Crippen molar-refractivity contribution in [3.63, 3.8) is 0 Å². The van der Waals surface area contributed by atoms with E-state index in [1.165, 1.54) is 0 Å². The second-order valence-corrected chi connectivity index (χ2v) is 5.83. The number of para-hydroxylation sites is 2. The van der Waals surface area contributed by atoms with E-state index in [-0.39, 0.29) is 0 Å². The average Bonchev–Trinajstić information content (AvgIpc) is 2.70. The van der Waals surface area contributed by atoms with Crippen LogP contribution in [0.2, 0.25) is 0 Å². The summed E-state index contributed by atoms with van der Waals surface area (Å²) in [6.45, 7) is 0. The highest BCUT2D eigenvalue weighted by molar-refractivity contribution is 6.01. The third kappa shape index (κ3) is 2.75. The lowest BCUT2D eigenvalue weighted by molar-refractivity contribution is 1.30. The molecule has 0 N–H and O–H groups in total. The fraction of sp³-hybridized carbons (Fsp3) is 0. The Kier molecular flexibility index (Phi) is 3.94. The van der Waals surface area contributed by atoms with Gasteiger partial charge in [0, 0.05) is 22.3 Å². The predicted octanol–water partition coefficient (Wildman–Crippen LogP) is 6.29. The number of terminal acetylenes is 1. The summed E-state index contributed by atoms with van der Waals surface area (Å²) in [6, 6.07) is 33.2. The number of nitrogens with zero attached hydrogens (tertiary/aromatic N) is 1. The molecule has 0 radical (unpaired) electrons. The normalized spacial score (nSPS) is 10.4. The van der Waals surface area contributed by atoms with Crippen molar-refractivity contribution in [3.05, 3.63) is 103 Å². The van der Waals surface area contributed by atoms with Crippen LogP contribution in [0.4, 0.5) is 17.1 Å². The van der Waals surface area contributed by atoms with Gasteiger partial charge in [0.25, 0.3) is 0 Å². The SMILES string of the molecule is C#Cc1ccc(N(c2ccccc2)c2ccccc2)c2ccccc12. The van der Waals surface area contributed by atoms with Crippen LogP contribution in [0.3, 0.4) is 0 Å². The molecule has 0 saturated heterocycles. The smallest absolute Gasteiger partial charge is 0.0540 e. The third-order valence-corrected chi connectivity index (χ3v) is 4.33. The maximum Gasteiger partial charge on any atom is 0.0540 e. The molecule has 118 valence electrons. The quantitative estimate of drug-likeness (QED) is 0.401. The van der Waals surface area contributed by atoms with Crippen molar-refractivity contribution in [3.8, 4) is 12.3 Å². The van der Waals surface area contributed by atoms with Gasteiger partial charge in [-0.25, -0.2) is 0 Å². The van der Waals surface area contributed by atoms with Crippen LogP contribution < -0.4 is 4.90 Å². The molecule has 0 heterocycles. The van der Waals surface area contributed by atoms with Gasteiger partial charge in [0.15, 0.2) is 0 Å². The summed E-state index contributed by atoms with van der Waals surface area (Å²) in [7, 11) is 0. The van der Waals surface area contributed by atoms with Gasteiger partial charge in [-0.2, -0.15) is 0 Å². The number of benzene rings is 4. The highest BCUT2D eigenvalue weighted by atomic mass is 15.1. The fourth-order valence-corrected chi connectivity index (χ4v) is 3.19. The minimum absolute atomic E-state index is 0.917. The van der Waals surface area contributed by atoms with Crippen molar-refractivity contribution in [2.75, 3.05) is 4.90 Å². The van der Waals surface area contributed by atoms with E-state index in [1.807, 2.05) is 24.3 Å². The Morgan fingerprint density at radius 1 is 0.560 bits per heavy atom. The molecule has 1 heteroatoms. The molecule has 0 fully saturated rings. The topological polar surface area (TPSA) is 3.24 Å². The maximum atomic E-state index is 5.70. The predicted molar refractivity (Wildman–Crippen MR) is 107 cm³/mol. The molecule has 0 saturated carbocycles. The molecule has 0 aliphatic rings. The average molecular weight is 319 g/mol. The van der Waals surface area contributed by atoms with Crippen LogP contribution in [0.25, 0.3) is 10.8 Å². The van der Waals surface area contributed by atoms with E-state index < -0.39 is 0 Å². The summed E-state index contributed by atoms with van der Waals surface area (Å²) >= 11 is 0. The Morgan fingerprint density at radius 3 is 1.64 bits per heavy atom. The lowest BCUT2D eigenvalue weighted by Crippen LogP contribution is -2.10. The van der Waals surface area contributed by atoms with Crippen molar-refractivity contribution in [2.24, 2.45) is 0 Å². The zero-order valence-corrected chi connectivity index (χ0v) is 13.8. The van der Waals surface area contributed by atoms with Crippen molar-refractivity contribution in [1.82, 2.24) is 0 Å². The molecular weight excluding hydrogens is 302 g/mol. The number of rotatable bonds is 3. The first kappa shape index (κ1) is 15.1. The highest BCUT2D eigenvalue weighted by Crippen LogP contribution is 2.39. The number of fused-ring (bicyclic) bond motifs is 1. The maximum absolute atomic E-state index is 5.70. The second kappa shape index (κ2) is 6.55. The largest absolute Gasteiger partial charge is 0.310 e. The van der Waals surface area contributed by atoms with E-state index in [0.29, 0.717) is 0 Å². The van der Waals surface area contributed by atoms with Crippen LogP contribution >= 0.6 is 0 Å². The van der Waals surface area contributed by atoms with Crippen LogP contribution in [-0.4, -0.2) is 0 Å². The van der Waals surface area contributed by atoms with Crippen molar-refractivity contribution in [1.29, 1.82) is 0 Å². The van der Waals surface area contributed by atoms with Crippen LogP contribution in [0.1, 0.15) is 5.56 Å². The van der Waals surface area contributed by atoms with E-state index in [2.05, 4.69) is 83.6 Å². The minimum Gasteiger partial charge on any atom is -0.310 e. The zero-order chi connectivity index (χ0) is 17.1. The van der Waals surface area contributed by atoms with E-state index in [0.717, 1.165) is 33.4 Å². The molecular formula is C24H17N. The van der Waals surface area contributed by atoms with Gasteiger partial charge < -0.3 is 4.90 Å². The molecule has 1 nitrogen and oxygen atoms in total. The molecule has 0 aliphatic heterocycles. The number of hydrogen-bond acceptors (Lipinski definition) is 1. The van der Waals surface area contributed by atoms with Gasteiger partial charge in [-0.15, -0.1) is 6.42 Å². The van der Waals surface area contributed by atoms with E-state index in [4.69, 9.17) is 6.42 Å². The summed E-state index contributed by atoms with van der Waals surface area (Å²) in [4.78, 5) is 2.27. The minimum atomic E-state index is 0.917. The fourth-order valence-electron chi connectivity index (χ4n) is 3.19. The number of anilines is 3. The van der Waals surface area contributed by atoms with Gasteiger partial charge in [0.2, 0.25) is 0 Å². The van der Waals surface area contributed by atoms with E-state index in [1.54, 1.807) is 0 Å². The monoisotopic (exact) mass is 319 g/mol. The number of hydrogen-bond donors (Lipinski definition) is 0. The van der Waals surface area contributed by atoms with Crippen LogP contribution in [0, 0.1) is 12.3 Å². The molecule has 4 aromatic rings. The summed E-state index contributed by atoms with van der Waals surface area (Å²) < 4.78 is 0. The Balaban J connectivity index is 2.02. The molecule has 0 amide bonds. The summed E-state index contributed by atoms with van der Waals surface area (Å²) in [5, 5.41) is 2.24. The van der Waals surface area contributed by atoms with Crippen LogP contribution in [-0.2, 0) is 0 Å². The summed E-state index contributed by atoms with van der Waals surface area (Å²) in [5.41, 5.74) is 4.27. The van der Waals surface area contributed by atoms with Crippen molar-refractivity contribution in [2.45, 2.75) is 0 Å². The van der Waals surface area contributed by atoms with Gasteiger partial charge >= 0.3 is 0 Å².